The molecule has 8 nitrogen and oxygen atoms in total. The Morgan fingerprint density at radius 3 is 2.69 bits per heavy atom. The van der Waals surface area contributed by atoms with Crippen molar-refractivity contribution in [2.45, 2.75) is 96.9 Å². The molecular formula is C27H40N6O2. The lowest BCUT2D eigenvalue weighted by molar-refractivity contribution is -0.231. The smallest absolute Gasteiger partial charge is 0.220 e. The summed E-state index contributed by atoms with van der Waals surface area (Å²) >= 11 is 0. The first kappa shape index (κ1) is 23.2. The average molecular weight is 481 g/mol. The monoisotopic (exact) mass is 480 g/mol. The molecule has 2 aliphatic heterocycles. The molecule has 35 heavy (non-hydrogen) atoms. The van der Waals surface area contributed by atoms with Crippen LogP contribution in [0, 0.1) is 23.2 Å². The molecule has 8 heteroatoms. The number of imidazole rings is 1. The summed E-state index contributed by atoms with van der Waals surface area (Å²) in [5.74, 6) is 3.09. The van der Waals surface area contributed by atoms with E-state index in [1.54, 1.807) is 6.33 Å². The minimum absolute atomic E-state index is 0.0434. The van der Waals surface area contributed by atoms with Crippen molar-refractivity contribution in [2.75, 3.05) is 18.0 Å². The molecule has 0 bridgehead atoms. The highest BCUT2D eigenvalue weighted by Gasteiger charge is 2.59. The molecule has 1 amide bonds. The third-order valence-electron chi connectivity index (χ3n) is 10.3. The fourth-order valence-electron chi connectivity index (χ4n) is 8.35. The standard InChI is InChI=1S/C27H40N6O2/c1-5-32(6-2)24-23-25(29-15-28-24)33(16-30-23)22-10-8-19-17-7-9-20-26(3,13-12-21(34)31-20)18(17)11-14-27(19,4)35-22/h15-20,22H,5-14H2,1-4H3,(H,31,34)/t17-,18+,19+,20-,22+,26-,27+/m1/s1. The van der Waals surface area contributed by atoms with Crippen molar-refractivity contribution in [3.05, 3.63) is 12.7 Å². The largest absolute Gasteiger partial charge is 0.355 e. The van der Waals surface area contributed by atoms with Gasteiger partial charge in [0.1, 0.15) is 12.6 Å². The number of nitrogens with zero attached hydrogens (tertiary/aromatic N) is 5. The van der Waals surface area contributed by atoms with Gasteiger partial charge in [-0.15, -0.1) is 0 Å². The Balaban J connectivity index is 1.25. The normalized spacial score (nSPS) is 38.9. The number of fused-ring (bicyclic) bond motifs is 6. The van der Waals surface area contributed by atoms with Crippen molar-refractivity contribution >= 4 is 22.9 Å². The number of nitrogens with one attached hydrogen (secondary N) is 1. The number of ether oxygens (including phenoxy) is 1. The maximum Gasteiger partial charge on any atom is 0.220 e. The number of aromatic nitrogens is 4. The van der Waals surface area contributed by atoms with Crippen LogP contribution in [0.1, 0.15) is 85.3 Å². The summed E-state index contributed by atoms with van der Waals surface area (Å²) in [6, 6.07) is 0.351. The summed E-state index contributed by atoms with van der Waals surface area (Å²) in [7, 11) is 0. The van der Waals surface area contributed by atoms with E-state index in [0.717, 1.165) is 55.8 Å². The van der Waals surface area contributed by atoms with Crippen LogP contribution in [0.4, 0.5) is 5.82 Å². The molecule has 0 spiro atoms. The van der Waals surface area contributed by atoms with Crippen LogP contribution in [0.25, 0.3) is 11.2 Å². The van der Waals surface area contributed by atoms with Gasteiger partial charge in [0.15, 0.2) is 17.0 Å². The van der Waals surface area contributed by atoms with Crippen LogP contribution >= 0.6 is 0 Å². The molecule has 190 valence electrons. The van der Waals surface area contributed by atoms with Crippen molar-refractivity contribution in [1.29, 1.82) is 0 Å². The fraction of sp³-hybridized carbons (Fsp3) is 0.778. The van der Waals surface area contributed by atoms with Crippen molar-refractivity contribution in [2.24, 2.45) is 23.2 Å². The molecule has 1 N–H and O–H groups in total. The lowest BCUT2D eigenvalue weighted by Gasteiger charge is -2.62. The number of hydrogen-bond donors (Lipinski definition) is 1. The van der Waals surface area contributed by atoms with Gasteiger partial charge in [-0.2, -0.15) is 0 Å². The summed E-state index contributed by atoms with van der Waals surface area (Å²) in [6.07, 6.45) is 12.0. The first-order valence-electron chi connectivity index (χ1n) is 13.8. The second-order valence-electron chi connectivity index (χ2n) is 11.8. The van der Waals surface area contributed by atoms with Crippen LogP contribution in [0.5, 0.6) is 0 Å². The lowest BCUT2D eigenvalue weighted by Crippen LogP contribution is -2.63. The molecule has 2 saturated carbocycles. The molecule has 0 aromatic carbocycles. The van der Waals surface area contributed by atoms with Crippen LogP contribution in [-0.2, 0) is 9.53 Å². The van der Waals surface area contributed by atoms with Gasteiger partial charge in [0, 0.05) is 25.6 Å². The van der Waals surface area contributed by atoms with E-state index < -0.39 is 0 Å². The number of rotatable bonds is 4. The van der Waals surface area contributed by atoms with Gasteiger partial charge in [-0.05, 0) is 88.9 Å². The molecule has 4 aliphatic rings. The van der Waals surface area contributed by atoms with E-state index in [-0.39, 0.29) is 23.2 Å². The summed E-state index contributed by atoms with van der Waals surface area (Å²) < 4.78 is 9.14. The Hall–Kier alpha value is -2.22. The molecule has 2 aromatic heterocycles. The van der Waals surface area contributed by atoms with Gasteiger partial charge in [-0.25, -0.2) is 15.0 Å². The Bertz CT molecular complexity index is 1110. The number of hydrogen-bond acceptors (Lipinski definition) is 6. The zero-order valence-corrected chi connectivity index (χ0v) is 21.7. The van der Waals surface area contributed by atoms with Crippen LogP contribution in [0.2, 0.25) is 0 Å². The first-order chi connectivity index (χ1) is 16.9. The SMILES string of the molecule is CCN(CC)c1ncnc2c1ncn2[C@@H]1CC[C@H]2[C@@H]3CC[C@H]4NC(=O)CC[C@]4(C)[C@H]3CC[C@]2(C)O1. The first-order valence-corrected chi connectivity index (χ1v) is 13.8. The van der Waals surface area contributed by atoms with Crippen molar-refractivity contribution in [3.8, 4) is 0 Å². The molecule has 2 aromatic rings. The molecule has 4 fully saturated rings. The Labute approximate surface area is 208 Å². The number of carbonyl (C=O) groups excluding carboxylic acids is 1. The summed E-state index contributed by atoms with van der Waals surface area (Å²) in [5, 5.41) is 3.34. The van der Waals surface area contributed by atoms with E-state index in [9.17, 15) is 4.79 Å². The van der Waals surface area contributed by atoms with E-state index in [1.807, 2.05) is 6.33 Å². The van der Waals surface area contributed by atoms with Gasteiger partial charge < -0.3 is 15.0 Å². The van der Waals surface area contributed by atoms with Crippen LogP contribution in [0.15, 0.2) is 12.7 Å². The van der Waals surface area contributed by atoms with Gasteiger partial charge in [-0.1, -0.05) is 6.92 Å². The van der Waals surface area contributed by atoms with Gasteiger partial charge in [0.05, 0.1) is 11.9 Å². The van der Waals surface area contributed by atoms with Gasteiger partial charge >= 0.3 is 0 Å². The van der Waals surface area contributed by atoms with Crippen molar-refractivity contribution < 1.29 is 9.53 Å². The highest BCUT2D eigenvalue weighted by atomic mass is 16.5. The quantitative estimate of drug-likeness (QED) is 0.695. The van der Waals surface area contributed by atoms with Crippen molar-refractivity contribution in [3.63, 3.8) is 0 Å². The summed E-state index contributed by atoms with van der Waals surface area (Å²) in [4.78, 5) is 28.2. The molecule has 0 unspecified atom stereocenters. The van der Waals surface area contributed by atoms with E-state index in [1.165, 1.54) is 19.3 Å². The van der Waals surface area contributed by atoms with Gasteiger partial charge in [-0.3, -0.25) is 9.36 Å². The molecule has 6 rings (SSSR count). The van der Waals surface area contributed by atoms with Crippen LogP contribution in [0.3, 0.4) is 0 Å². The third kappa shape index (κ3) is 3.50. The molecule has 4 heterocycles. The molecule has 2 saturated heterocycles. The molecule has 0 radical (unpaired) electrons. The number of piperidine rings is 1. The number of anilines is 1. The topological polar surface area (TPSA) is 85.2 Å². The van der Waals surface area contributed by atoms with Gasteiger partial charge in [0.2, 0.25) is 5.91 Å². The predicted octanol–water partition coefficient (Wildman–Crippen LogP) is 4.46. The van der Waals surface area contributed by atoms with E-state index in [2.05, 4.69) is 52.4 Å². The lowest BCUT2D eigenvalue weighted by atomic mass is 9.48. The van der Waals surface area contributed by atoms with E-state index in [4.69, 9.17) is 9.72 Å². The average Bonchev–Trinajstić information content (AvgIpc) is 3.29. The fourth-order valence-corrected chi connectivity index (χ4v) is 8.35. The Morgan fingerprint density at radius 2 is 1.89 bits per heavy atom. The Kier molecular flexibility index (Phi) is 5.58. The molecular weight excluding hydrogens is 440 g/mol. The van der Waals surface area contributed by atoms with Crippen LogP contribution in [-0.4, -0.2) is 50.2 Å². The molecule has 7 atom stereocenters. The Morgan fingerprint density at radius 1 is 1.06 bits per heavy atom. The maximum atomic E-state index is 12.1. The minimum atomic E-state index is -0.128. The van der Waals surface area contributed by atoms with E-state index >= 15 is 0 Å². The summed E-state index contributed by atoms with van der Waals surface area (Å²) in [6.45, 7) is 10.9. The predicted molar refractivity (Wildman–Crippen MR) is 135 cm³/mol. The number of amides is 1. The maximum absolute atomic E-state index is 12.1. The van der Waals surface area contributed by atoms with E-state index in [0.29, 0.717) is 30.2 Å². The second-order valence-corrected chi connectivity index (χ2v) is 11.8. The third-order valence-corrected chi connectivity index (χ3v) is 10.3. The van der Waals surface area contributed by atoms with Gasteiger partial charge in [0.25, 0.3) is 0 Å². The van der Waals surface area contributed by atoms with Crippen LogP contribution < -0.4 is 10.2 Å². The highest BCUT2D eigenvalue weighted by Crippen LogP contribution is 2.61. The minimum Gasteiger partial charge on any atom is -0.355 e. The zero-order chi connectivity index (χ0) is 24.4. The number of carbonyl (C=O) groups is 1. The highest BCUT2D eigenvalue weighted by molar-refractivity contribution is 5.83. The zero-order valence-electron chi connectivity index (χ0n) is 21.7. The summed E-state index contributed by atoms with van der Waals surface area (Å²) in [5.41, 5.74) is 1.83. The molecule has 2 aliphatic carbocycles. The van der Waals surface area contributed by atoms with Crippen molar-refractivity contribution in [1.82, 2.24) is 24.8 Å². The second kappa shape index (κ2) is 8.43.